The summed E-state index contributed by atoms with van der Waals surface area (Å²) < 4.78 is 20.4. The third-order valence-corrected chi connectivity index (χ3v) is 5.82. The van der Waals surface area contributed by atoms with Crippen molar-refractivity contribution in [1.29, 1.82) is 0 Å². The van der Waals surface area contributed by atoms with E-state index in [2.05, 4.69) is 11.1 Å². The van der Waals surface area contributed by atoms with Crippen LogP contribution in [0.2, 0.25) is 0 Å². The van der Waals surface area contributed by atoms with E-state index in [1.165, 1.54) is 23.5 Å². The van der Waals surface area contributed by atoms with Crippen molar-refractivity contribution in [3.63, 3.8) is 0 Å². The van der Waals surface area contributed by atoms with E-state index in [9.17, 15) is 9.18 Å². The molecule has 30 heavy (non-hydrogen) atoms. The number of halogens is 1. The van der Waals surface area contributed by atoms with Crippen LogP contribution >= 0.6 is 11.3 Å². The number of pyridine rings is 1. The number of hydrogen-bond donors (Lipinski definition) is 0. The third-order valence-electron chi connectivity index (χ3n) is 4.59. The van der Waals surface area contributed by atoms with Gasteiger partial charge in [0.1, 0.15) is 0 Å². The molecule has 4 rings (SSSR count). The zero-order valence-electron chi connectivity index (χ0n) is 16.6. The van der Waals surface area contributed by atoms with Gasteiger partial charge in [0.15, 0.2) is 23.3 Å². The highest BCUT2D eigenvalue weighted by atomic mass is 32.1. The van der Waals surface area contributed by atoms with Gasteiger partial charge in [-0.25, -0.2) is 9.37 Å². The van der Waals surface area contributed by atoms with Gasteiger partial charge >= 0.3 is 0 Å². The number of ether oxygens (including phenoxy) is 1. The fourth-order valence-electron chi connectivity index (χ4n) is 3.20. The van der Waals surface area contributed by atoms with Crippen LogP contribution in [0.4, 0.5) is 9.52 Å². The molecule has 2 aromatic carbocycles. The summed E-state index contributed by atoms with van der Waals surface area (Å²) in [6.45, 7) is 4.05. The average Bonchev–Trinajstić information content (AvgIpc) is 3.16. The molecule has 2 aromatic heterocycles. The monoisotopic (exact) mass is 421 g/mol. The number of carbonyl (C=O) groups excluding carboxylic acids is 1. The van der Waals surface area contributed by atoms with Crippen molar-refractivity contribution in [2.45, 2.75) is 20.4 Å². The van der Waals surface area contributed by atoms with Crippen LogP contribution in [0.25, 0.3) is 10.2 Å². The second kappa shape index (κ2) is 8.59. The Bertz CT molecular complexity index is 1190. The number of thiazole rings is 1. The molecule has 4 aromatic rings. The normalized spacial score (nSPS) is 10.9. The van der Waals surface area contributed by atoms with E-state index < -0.39 is 5.82 Å². The van der Waals surface area contributed by atoms with Gasteiger partial charge in [-0.2, -0.15) is 0 Å². The summed E-state index contributed by atoms with van der Waals surface area (Å²) in [6, 6.07) is 13.8. The minimum atomic E-state index is -0.504. The summed E-state index contributed by atoms with van der Waals surface area (Å²) >= 11 is 1.46. The first-order valence-corrected chi connectivity index (χ1v) is 10.3. The second-order valence-electron chi connectivity index (χ2n) is 6.99. The van der Waals surface area contributed by atoms with E-state index in [0.717, 1.165) is 26.9 Å². The lowest BCUT2D eigenvalue weighted by molar-refractivity contribution is -0.120. The van der Waals surface area contributed by atoms with Crippen LogP contribution in [0.5, 0.6) is 5.75 Å². The predicted molar refractivity (Wildman–Crippen MR) is 116 cm³/mol. The van der Waals surface area contributed by atoms with Gasteiger partial charge in [-0.15, -0.1) is 0 Å². The Morgan fingerprint density at radius 1 is 1.17 bits per heavy atom. The lowest BCUT2D eigenvalue weighted by Gasteiger charge is -2.20. The summed E-state index contributed by atoms with van der Waals surface area (Å²) in [5, 5.41) is 0.574. The van der Waals surface area contributed by atoms with Gasteiger partial charge in [-0.05, 0) is 54.8 Å². The smallest absolute Gasteiger partial charge is 0.267 e. The van der Waals surface area contributed by atoms with Crippen molar-refractivity contribution in [3.8, 4) is 5.75 Å². The molecule has 0 radical (unpaired) electrons. The summed E-state index contributed by atoms with van der Waals surface area (Å²) in [4.78, 5) is 23.5. The number of hydrogen-bond acceptors (Lipinski definition) is 5. The first kappa shape index (κ1) is 20.0. The molecule has 2 heterocycles. The minimum absolute atomic E-state index is 0.0444. The third kappa shape index (κ3) is 4.31. The average molecular weight is 421 g/mol. The SMILES string of the molecule is Cc1cc(C)c2sc(N(Cc3cccnc3)C(=O)COc3ccccc3F)nc2c1. The van der Waals surface area contributed by atoms with Gasteiger partial charge in [0.25, 0.3) is 5.91 Å². The van der Waals surface area contributed by atoms with Crippen LogP contribution in [0.3, 0.4) is 0 Å². The largest absolute Gasteiger partial charge is 0.481 e. The zero-order valence-corrected chi connectivity index (χ0v) is 17.4. The van der Waals surface area contributed by atoms with Gasteiger partial charge in [0, 0.05) is 12.4 Å². The maximum atomic E-state index is 13.9. The standard InChI is InChI=1S/C23H20FN3O2S/c1-15-10-16(2)22-19(11-15)26-23(30-22)27(13-17-6-5-9-25-12-17)21(28)14-29-20-8-4-3-7-18(20)24/h3-12H,13-14H2,1-2H3. The van der Waals surface area contributed by atoms with Crippen LogP contribution in [0.1, 0.15) is 16.7 Å². The number of carbonyl (C=O) groups is 1. The lowest BCUT2D eigenvalue weighted by atomic mass is 10.1. The molecule has 0 aliphatic heterocycles. The molecule has 5 nitrogen and oxygen atoms in total. The number of aryl methyl sites for hydroxylation is 2. The molecule has 0 atom stereocenters. The van der Waals surface area contributed by atoms with Gasteiger partial charge in [0.2, 0.25) is 0 Å². The number of benzene rings is 2. The first-order valence-electron chi connectivity index (χ1n) is 9.45. The molecule has 0 unspecified atom stereocenters. The van der Waals surface area contributed by atoms with Crippen molar-refractivity contribution in [3.05, 3.63) is 83.4 Å². The number of para-hydroxylation sites is 1. The lowest BCUT2D eigenvalue weighted by Crippen LogP contribution is -2.34. The molecule has 152 valence electrons. The summed E-state index contributed by atoms with van der Waals surface area (Å²) in [5.41, 5.74) is 3.95. The van der Waals surface area contributed by atoms with Crippen molar-refractivity contribution in [2.24, 2.45) is 0 Å². The van der Waals surface area contributed by atoms with Gasteiger partial charge in [0.05, 0.1) is 16.8 Å². The molecule has 0 saturated heterocycles. The Balaban J connectivity index is 1.65. The molecular weight excluding hydrogens is 401 g/mol. The number of amides is 1. The highest BCUT2D eigenvalue weighted by molar-refractivity contribution is 7.22. The number of rotatable bonds is 6. The van der Waals surface area contributed by atoms with Crippen molar-refractivity contribution >= 4 is 32.6 Å². The fourth-order valence-corrected chi connectivity index (χ4v) is 4.23. The Morgan fingerprint density at radius 2 is 2.00 bits per heavy atom. The molecule has 7 heteroatoms. The maximum absolute atomic E-state index is 13.9. The number of fused-ring (bicyclic) bond motifs is 1. The quantitative estimate of drug-likeness (QED) is 0.437. The van der Waals surface area contributed by atoms with Crippen molar-refractivity contribution in [2.75, 3.05) is 11.5 Å². The molecule has 0 bridgehead atoms. The topological polar surface area (TPSA) is 55.3 Å². The molecule has 0 spiro atoms. The summed E-state index contributed by atoms with van der Waals surface area (Å²) in [5.74, 6) is -0.770. The maximum Gasteiger partial charge on any atom is 0.267 e. The molecule has 0 N–H and O–H groups in total. The highest BCUT2D eigenvalue weighted by Gasteiger charge is 2.22. The second-order valence-corrected chi connectivity index (χ2v) is 7.96. The molecule has 0 saturated carbocycles. The minimum Gasteiger partial charge on any atom is -0.481 e. The van der Waals surface area contributed by atoms with Gasteiger partial charge in [-0.3, -0.25) is 14.7 Å². The van der Waals surface area contributed by atoms with Crippen molar-refractivity contribution < 1.29 is 13.9 Å². The van der Waals surface area contributed by atoms with Crippen LogP contribution in [-0.2, 0) is 11.3 Å². The zero-order chi connectivity index (χ0) is 21.1. The van der Waals surface area contributed by atoms with Crippen LogP contribution < -0.4 is 9.64 Å². The fraction of sp³-hybridized carbons (Fsp3) is 0.174. The first-order chi connectivity index (χ1) is 14.5. The van der Waals surface area contributed by atoms with Gasteiger partial charge in [-0.1, -0.05) is 35.6 Å². The molecule has 0 fully saturated rings. The van der Waals surface area contributed by atoms with E-state index >= 15 is 0 Å². The summed E-state index contributed by atoms with van der Waals surface area (Å²) in [7, 11) is 0. The molecule has 1 amide bonds. The van der Waals surface area contributed by atoms with E-state index in [-0.39, 0.29) is 18.3 Å². The van der Waals surface area contributed by atoms with Crippen molar-refractivity contribution in [1.82, 2.24) is 9.97 Å². The Kier molecular flexibility index (Phi) is 5.72. The highest BCUT2D eigenvalue weighted by Crippen LogP contribution is 2.33. The number of nitrogens with zero attached hydrogens (tertiary/aromatic N) is 3. The molecule has 0 aliphatic carbocycles. The van der Waals surface area contributed by atoms with E-state index in [0.29, 0.717) is 11.7 Å². The van der Waals surface area contributed by atoms with Crippen LogP contribution in [0, 0.1) is 19.7 Å². The number of aromatic nitrogens is 2. The van der Waals surface area contributed by atoms with E-state index in [4.69, 9.17) is 9.72 Å². The van der Waals surface area contributed by atoms with Gasteiger partial charge < -0.3 is 4.74 Å². The summed E-state index contributed by atoms with van der Waals surface area (Å²) in [6.07, 6.45) is 3.39. The van der Waals surface area contributed by atoms with E-state index in [1.54, 1.807) is 29.4 Å². The Morgan fingerprint density at radius 3 is 2.77 bits per heavy atom. The Labute approximate surface area is 177 Å². The molecular formula is C23H20FN3O2S. The number of anilines is 1. The molecule has 0 aliphatic rings. The van der Waals surface area contributed by atoms with Crippen LogP contribution in [0.15, 0.2) is 60.9 Å². The Hall–Kier alpha value is -3.32. The van der Waals surface area contributed by atoms with E-state index in [1.807, 2.05) is 32.0 Å². The van der Waals surface area contributed by atoms with Crippen LogP contribution in [-0.4, -0.2) is 22.5 Å². The predicted octanol–water partition coefficient (Wildman–Crippen LogP) is 5.06.